The van der Waals surface area contributed by atoms with Crippen LogP contribution < -0.4 is 5.32 Å². The van der Waals surface area contributed by atoms with Crippen LogP contribution in [0, 0.1) is 11.8 Å². The van der Waals surface area contributed by atoms with Crippen LogP contribution in [0.4, 0.5) is 0 Å². The van der Waals surface area contributed by atoms with Gasteiger partial charge in [0, 0.05) is 24.7 Å². The Hall–Kier alpha value is -1.06. The van der Waals surface area contributed by atoms with E-state index in [0.29, 0.717) is 19.0 Å². The Kier molecular flexibility index (Phi) is 4.83. The van der Waals surface area contributed by atoms with Crippen molar-refractivity contribution in [3.63, 3.8) is 0 Å². The first-order chi connectivity index (χ1) is 9.13. The van der Waals surface area contributed by atoms with Crippen LogP contribution in [0.2, 0.25) is 5.02 Å². The quantitative estimate of drug-likeness (QED) is 0.919. The second kappa shape index (κ2) is 6.40. The maximum Gasteiger partial charge on any atom is 0.227 e. The highest BCUT2D eigenvalue weighted by atomic mass is 35.5. The molecule has 0 aromatic heterocycles. The summed E-state index contributed by atoms with van der Waals surface area (Å²) >= 11 is 6.17. The lowest BCUT2D eigenvalue weighted by atomic mass is 9.96. The van der Waals surface area contributed by atoms with E-state index in [-0.39, 0.29) is 11.8 Å². The van der Waals surface area contributed by atoms with Gasteiger partial charge in [-0.15, -0.1) is 0 Å². The van der Waals surface area contributed by atoms with E-state index < -0.39 is 0 Å². The highest BCUT2D eigenvalue weighted by Gasteiger charge is 2.32. The number of nitrogens with zero attached hydrogens (tertiary/aromatic N) is 1. The van der Waals surface area contributed by atoms with Crippen LogP contribution >= 0.6 is 11.6 Å². The van der Waals surface area contributed by atoms with Crippen molar-refractivity contribution in [1.82, 2.24) is 10.2 Å². The monoisotopic (exact) mass is 280 g/mol. The minimum Gasteiger partial charge on any atom is -0.338 e. The fourth-order valence-corrected chi connectivity index (χ4v) is 2.75. The molecule has 1 aliphatic heterocycles. The molecule has 4 heteroatoms. The molecule has 2 atom stereocenters. The summed E-state index contributed by atoms with van der Waals surface area (Å²) in [6.07, 6.45) is 0. The molecule has 1 aromatic rings. The average molecular weight is 281 g/mol. The van der Waals surface area contributed by atoms with E-state index in [1.165, 1.54) is 0 Å². The Morgan fingerprint density at radius 2 is 2.16 bits per heavy atom. The third kappa shape index (κ3) is 3.28. The standard InChI is InChI=1S/C15H21ClN2O/c1-3-18(10-12-6-4-5-7-14(12)16)15(19)13-9-17-8-11(13)2/h4-7,11,13,17H,3,8-10H2,1-2H3. The zero-order valence-electron chi connectivity index (χ0n) is 11.5. The number of carbonyl (C=O) groups is 1. The molecular weight excluding hydrogens is 260 g/mol. The Labute approximate surface area is 119 Å². The van der Waals surface area contributed by atoms with E-state index in [4.69, 9.17) is 11.6 Å². The summed E-state index contributed by atoms with van der Waals surface area (Å²) in [5, 5.41) is 4.01. The summed E-state index contributed by atoms with van der Waals surface area (Å²) in [5.41, 5.74) is 1.01. The number of hydrogen-bond donors (Lipinski definition) is 1. The van der Waals surface area contributed by atoms with Crippen molar-refractivity contribution in [1.29, 1.82) is 0 Å². The molecule has 0 spiro atoms. The molecule has 1 heterocycles. The van der Waals surface area contributed by atoms with Crippen LogP contribution in [0.25, 0.3) is 0 Å². The van der Waals surface area contributed by atoms with Gasteiger partial charge in [0.1, 0.15) is 0 Å². The summed E-state index contributed by atoms with van der Waals surface area (Å²) in [5.74, 6) is 0.746. The maximum atomic E-state index is 12.5. The fraction of sp³-hybridized carbons (Fsp3) is 0.533. The molecule has 1 aliphatic rings. The summed E-state index contributed by atoms with van der Waals surface area (Å²) in [7, 11) is 0. The normalized spacial score (nSPS) is 22.5. The predicted molar refractivity (Wildman–Crippen MR) is 78.1 cm³/mol. The minimum absolute atomic E-state index is 0.0995. The number of rotatable bonds is 4. The lowest BCUT2D eigenvalue weighted by molar-refractivity contribution is -0.136. The number of benzene rings is 1. The fourth-order valence-electron chi connectivity index (χ4n) is 2.55. The van der Waals surface area contributed by atoms with E-state index in [9.17, 15) is 4.79 Å². The predicted octanol–water partition coefficient (Wildman–Crippen LogP) is 2.54. The topological polar surface area (TPSA) is 32.3 Å². The molecule has 0 bridgehead atoms. The van der Waals surface area contributed by atoms with Crippen molar-refractivity contribution in [2.24, 2.45) is 11.8 Å². The number of carbonyl (C=O) groups excluding carboxylic acids is 1. The van der Waals surface area contributed by atoms with Crippen molar-refractivity contribution in [3.05, 3.63) is 34.9 Å². The van der Waals surface area contributed by atoms with E-state index in [2.05, 4.69) is 12.2 Å². The van der Waals surface area contributed by atoms with E-state index >= 15 is 0 Å². The minimum atomic E-state index is 0.0995. The van der Waals surface area contributed by atoms with Gasteiger partial charge in [0.15, 0.2) is 0 Å². The zero-order valence-corrected chi connectivity index (χ0v) is 12.3. The van der Waals surface area contributed by atoms with Crippen molar-refractivity contribution in [2.45, 2.75) is 20.4 Å². The molecule has 0 saturated carbocycles. The number of amides is 1. The second-order valence-electron chi connectivity index (χ2n) is 5.19. The first-order valence-corrected chi connectivity index (χ1v) is 7.24. The molecule has 1 saturated heterocycles. The molecule has 0 aliphatic carbocycles. The SMILES string of the molecule is CCN(Cc1ccccc1Cl)C(=O)C1CNCC1C. The van der Waals surface area contributed by atoms with Gasteiger partial charge in [0.2, 0.25) is 5.91 Å². The van der Waals surface area contributed by atoms with Crippen LogP contribution in [-0.4, -0.2) is 30.4 Å². The largest absolute Gasteiger partial charge is 0.338 e. The molecule has 3 nitrogen and oxygen atoms in total. The van der Waals surface area contributed by atoms with Gasteiger partial charge in [-0.3, -0.25) is 4.79 Å². The van der Waals surface area contributed by atoms with Crippen LogP contribution in [0.15, 0.2) is 24.3 Å². The van der Waals surface area contributed by atoms with Crippen LogP contribution in [0.3, 0.4) is 0 Å². The molecule has 1 N–H and O–H groups in total. The van der Waals surface area contributed by atoms with Gasteiger partial charge >= 0.3 is 0 Å². The van der Waals surface area contributed by atoms with Gasteiger partial charge in [-0.1, -0.05) is 36.7 Å². The zero-order chi connectivity index (χ0) is 13.8. The first kappa shape index (κ1) is 14.4. The molecule has 1 amide bonds. The van der Waals surface area contributed by atoms with Crippen molar-refractivity contribution in [2.75, 3.05) is 19.6 Å². The van der Waals surface area contributed by atoms with Gasteiger partial charge in [-0.05, 0) is 31.0 Å². The second-order valence-corrected chi connectivity index (χ2v) is 5.59. The van der Waals surface area contributed by atoms with Crippen molar-refractivity contribution in [3.8, 4) is 0 Å². The van der Waals surface area contributed by atoms with E-state index in [1.54, 1.807) is 0 Å². The lowest BCUT2D eigenvalue weighted by Gasteiger charge is -2.26. The van der Waals surface area contributed by atoms with Gasteiger partial charge < -0.3 is 10.2 Å². The van der Waals surface area contributed by atoms with E-state index in [1.807, 2.05) is 36.1 Å². The first-order valence-electron chi connectivity index (χ1n) is 6.86. The summed E-state index contributed by atoms with van der Waals surface area (Å²) in [6, 6.07) is 7.72. The van der Waals surface area contributed by atoms with Gasteiger partial charge in [-0.2, -0.15) is 0 Å². The van der Waals surface area contributed by atoms with Crippen LogP contribution in [0.1, 0.15) is 19.4 Å². The molecule has 1 fully saturated rings. The third-order valence-corrected chi connectivity index (χ3v) is 4.22. The third-order valence-electron chi connectivity index (χ3n) is 3.85. The Morgan fingerprint density at radius 1 is 1.42 bits per heavy atom. The molecule has 0 radical (unpaired) electrons. The molecule has 2 rings (SSSR count). The van der Waals surface area contributed by atoms with Crippen LogP contribution in [0.5, 0.6) is 0 Å². The van der Waals surface area contributed by atoms with Gasteiger partial charge in [-0.25, -0.2) is 0 Å². The Balaban J connectivity index is 2.08. The lowest BCUT2D eigenvalue weighted by Crippen LogP contribution is -2.38. The highest BCUT2D eigenvalue weighted by molar-refractivity contribution is 6.31. The van der Waals surface area contributed by atoms with Gasteiger partial charge in [0.05, 0.1) is 5.92 Å². The molecule has 1 aromatic carbocycles. The highest BCUT2D eigenvalue weighted by Crippen LogP contribution is 2.22. The summed E-state index contributed by atoms with van der Waals surface area (Å²) < 4.78 is 0. The summed E-state index contributed by atoms with van der Waals surface area (Å²) in [6.45, 7) is 7.18. The molecular formula is C15H21ClN2O. The Morgan fingerprint density at radius 3 is 2.74 bits per heavy atom. The maximum absolute atomic E-state index is 12.5. The van der Waals surface area contributed by atoms with Gasteiger partial charge in [0.25, 0.3) is 0 Å². The number of nitrogens with one attached hydrogen (secondary N) is 1. The molecule has 2 unspecified atom stereocenters. The van der Waals surface area contributed by atoms with Crippen molar-refractivity contribution >= 4 is 17.5 Å². The van der Waals surface area contributed by atoms with E-state index in [0.717, 1.165) is 23.7 Å². The number of hydrogen-bond acceptors (Lipinski definition) is 2. The average Bonchev–Trinajstić information content (AvgIpc) is 2.83. The molecule has 104 valence electrons. The Bertz CT molecular complexity index is 450. The smallest absolute Gasteiger partial charge is 0.227 e. The molecule has 19 heavy (non-hydrogen) atoms. The van der Waals surface area contributed by atoms with Crippen molar-refractivity contribution < 1.29 is 4.79 Å². The van der Waals surface area contributed by atoms with Crippen LogP contribution in [-0.2, 0) is 11.3 Å². The number of halogens is 1. The summed E-state index contributed by atoms with van der Waals surface area (Å²) in [4.78, 5) is 14.4.